The fourth-order valence-corrected chi connectivity index (χ4v) is 1.25. The zero-order chi connectivity index (χ0) is 9.19. The SMILES string of the molecule is C1=C\CCC/C=C/C=C/C/C=C/C/1. The van der Waals surface area contributed by atoms with Gasteiger partial charge in [0.15, 0.2) is 0 Å². The van der Waals surface area contributed by atoms with Crippen LogP contribution in [0.15, 0.2) is 48.6 Å². The zero-order valence-electron chi connectivity index (χ0n) is 8.15. The van der Waals surface area contributed by atoms with Gasteiger partial charge in [0.05, 0.1) is 0 Å². The second kappa shape index (κ2) is 7.60. The van der Waals surface area contributed by atoms with Gasteiger partial charge in [-0.25, -0.2) is 0 Å². The van der Waals surface area contributed by atoms with Crippen LogP contribution in [0.1, 0.15) is 32.1 Å². The highest BCUT2D eigenvalue weighted by molar-refractivity contribution is 5.06. The zero-order valence-corrected chi connectivity index (χ0v) is 8.15. The van der Waals surface area contributed by atoms with Crippen LogP contribution >= 0.6 is 0 Å². The smallest absolute Gasteiger partial charge is 0.0166 e. The molecule has 1 aliphatic rings. The van der Waals surface area contributed by atoms with E-state index in [0.717, 1.165) is 12.8 Å². The van der Waals surface area contributed by atoms with E-state index in [0.29, 0.717) is 0 Å². The van der Waals surface area contributed by atoms with Crippen LogP contribution in [0.4, 0.5) is 0 Å². The minimum absolute atomic E-state index is 1.05. The summed E-state index contributed by atoms with van der Waals surface area (Å²) in [7, 11) is 0. The fourth-order valence-electron chi connectivity index (χ4n) is 1.25. The minimum atomic E-state index is 1.05. The van der Waals surface area contributed by atoms with Gasteiger partial charge < -0.3 is 0 Å². The summed E-state index contributed by atoms with van der Waals surface area (Å²) in [6, 6.07) is 0. The lowest BCUT2D eigenvalue weighted by Gasteiger charge is -1.88. The molecular formula is C13H18. The molecule has 13 heavy (non-hydrogen) atoms. The number of hydrogen-bond acceptors (Lipinski definition) is 0. The molecule has 0 aromatic heterocycles. The van der Waals surface area contributed by atoms with E-state index in [1.54, 1.807) is 0 Å². The van der Waals surface area contributed by atoms with Crippen LogP contribution < -0.4 is 0 Å². The Hall–Kier alpha value is -1.04. The third kappa shape index (κ3) is 6.15. The largest absolute Gasteiger partial charge is 0.0882 e. The molecule has 0 bridgehead atoms. The molecule has 0 saturated heterocycles. The van der Waals surface area contributed by atoms with Crippen LogP contribution in [0.3, 0.4) is 0 Å². The van der Waals surface area contributed by atoms with E-state index < -0.39 is 0 Å². The average Bonchev–Trinajstić information content (AvgIpc) is 2.18. The molecule has 0 N–H and O–H groups in total. The molecule has 0 atom stereocenters. The van der Waals surface area contributed by atoms with Crippen LogP contribution in [0.25, 0.3) is 0 Å². The normalized spacial score (nSPS) is 28.9. The van der Waals surface area contributed by atoms with E-state index in [2.05, 4.69) is 48.6 Å². The first-order valence-corrected chi connectivity index (χ1v) is 5.12. The molecule has 0 aromatic carbocycles. The van der Waals surface area contributed by atoms with Crippen LogP contribution in [0, 0.1) is 0 Å². The van der Waals surface area contributed by atoms with E-state index in [9.17, 15) is 0 Å². The topological polar surface area (TPSA) is 0 Å². The molecule has 0 radical (unpaired) electrons. The molecule has 0 amide bonds. The van der Waals surface area contributed by atoms with Crippen molar-refractivity contribution in [2.75, 3.05) is 0 Å². The Kier molecular flexibility index (Phi) is 5.87. The van der Waals surface area contributed by atoms with Crippen molar-refractivity contribution in [2.24, 2.45) is 0 Å². The maximum atomic E-state index is 2.28. The summed E-state index contributed by atoms with van der Waals surface area (Å²) in [6.45, 7) is 0. The molecule has 0 unspecified atom stereocenters. The van der Waals surface area contributed by atoms with E-state index >= 15 is 0 Å². The lowest BCUT2D eigenvalue weighted by Crippen LogP contribution is -1.68. The highest BCUT2D eigenvalue weighted by atomic mass is 13.9. The molecule has 0 fully saturated rings. The molecule has 0 aliphatic heterocycles. The number of rotatable bonds is 0. The second-order valence-electron chi connectivity index (χ2n) is 3.20. The van der Waals surface area contributed by atoms with Crippen molar-refractivity contribution in [3.05, 3.63) is 48.6 Å². The Balaban J connectivity index is 2.38. The lowest BCUT2D eigenvalue weighted by molar-refractivity contribution is 0.866. The van der Waals surface area contributed by atoms with Gasteiger partial charge in [-0.2, -0.15) is 0 Å². The predicted molar refractivity (Wildman–Crippen MR) is 59.6 cm³/mol. The minimum Gasteiger partial charge on any atom is -0.0882 e. The quantitative estimate of drug-likeness (QED) is 0.483. The highest BCUT2D eigenvalue weighted by Crippen LogP contribution is 2.01. The molecule has 0 aromatic rings. The maximum absolute atomic E-state index is 2.28. The average molecular weight is 174 g/mol. The van der Waals surface area contributed by atoms with Gasteiger partial charge in [-0.3, -0.25) is 0 Å². The number of allylic oxidation sites excluding steroid dienone is 8. The Morgan fingerprint density at radius 3 is 2.08 bits per heavy atom. The van der Waals surface area contributed by atoms with Gasteiger partial charge in [0.25, 0.3) is 0 Å². The molecular weight excluding hydrogens is 156 g/mol. The first-order valence-electron chi connectivity index (χ1n) is 5.12. The van der Waals surface area contributed by atoms with Gasteiger partial charge in [-0.15, -0.1) is 0 Å². The summed E-state index contributed by atoms with van der Waals surface area (Å²) in [5.41, 5.74) is 0. The van der Waals surface area contributed by atoms with Crippen molar-refractivity contribution in [1.29, 1.82) is 0 Å². The molecule has 0 spiro atoms. The van der Waals surface area contributed by atoms with Crippen LogP contribution in [-0.2, 0) is 0 Å². The summed E-state index contributed by atoms with van der Waals surface area (Å²) in [5.74, 6) is 0. The first-order chi connectivity index (χ1) is 6.50. The molecule has 1 aliphatic carbocycles. The first kappa shape index (κ1) is 10.0. The van der Waals surface area contributed by atoms with Gasteiger partial charge in [0.1, 0.15) is 0 Å². The molecule has 1 rings (SSSR count). The Morgan fingerprint density at radius 2 is 1.15 bits per heavy atom. The van der Waals surface area contributed by atoms with Crippen molar-refractivity contribution < 1.29 is 0 Å². The van der Waals surface area contributed by atoms with Crippen molar-refractivity contribution in [2.45, 2.75) is 32.1 Å². The predicted octanol–water partition coefficient (Wildman–Crippen LogP) is 4.18. The van der Waals surface area contributed by atoms with E-state index in [1.807, 2.05) is 0 Å². The highest BCUT2D eigenvalue weighted by Gasteiger charge is 1.80. The van der Waals surface area contributed by atoms with Crippen LogP contribution in [0.2, 0.25) is 0 Å². The van der Waals surface area contributed by atoms with Crippen molar-refractivity contribution >= 4 is 0 Å². The fraction of sp³-hybridized carbons (Fsp3) is 0.385. The van der Waals surface area contributed by atoms with Gasteiger partial charge in [0, 0.05) is 0 Å². The Bertz CT molecular complexity index is 216. The van der Waals surface area contributed by atoms with Gasteiger partial charge >= 0.3 is 0 Å². The standard InChI is InChI=1S/C13H18/c1-2-4-6-8-10-12-13-11-9-7-5-3-1/h1-4,7,9,12-13H,5-6,8,10-11H2/b3-1+,4-2+,9-7+,13-12-. The second-order valence-corrected chi connectivity index (χ2v) is 3.20. The van der Waals surface area contributed by atoms with E-state index in [-0.39, 0.29) is 0 Å². The number of hydrogen-bond donors (Lipinski definition) is 0. The Labute approximate surface area is 81.4 Å². The van der Waals surface area contributed by atoms with Crippen molar-refractivity contribution in [3.63, 3.8) is 0 Å². The van der Waals surface area contributed by atoms with Crippen molar-refractivity contribution in [3.8, 4) is 0 Å². The third-order valence-corrected chi connectivity index (χ3v) is 2.00. The summed E-state index contributed by atoms with van der Waals surface area (Å²) >= 11 is 0. The van der Waals surface area contributed by atoms with Crippen molar-refractivity contribution in [1.82, 2.24) is 0 Å². The van der Waals surface area contributed by atoms with E-state index in [1.165, 1.54) is 19.3 Å². The van der Waals surface area contributed by atoms with Crippen LogP contribution in [0.5, 0.6) is 0 Å². The lowest BCUT2D eigenvalue weighted by atomic mass is 10.2. The van der Waals surface area contributed by atoms with Gasteiger partial charge in [0.2, 0.25) is 0 Å². The van der Waals surface area contributed by atoms with Gasteiger partial charge in [-0.1, -0.05) is 48.6 Å². The molecule has 0 saturated carbocycles. The summed E-state index contributed by atoms with van der Waals surface area (Å²) in [5, 5.41) is 0. The molecule has 70 valence electrons. The van der Waals surface area contributed by atoms with E-state index in [4.69, 9.17) is 0 Å². The third-order valence-electron chi connectivity index (χ3n) is 2.00. The molecule has 0 nitrogen and oxygen atoms in total. The summed E-state index contributed by atoms with van der Waals surface area (Å²) in [6.07, 6.45) is 23.5. The van der Waals surface area contributed by atoms with Gasteiger partial charge in [-0.05, 0) is 32.1 Å². The Morgan fingerprint density at radius 1 is 0.538 bits per heavy atom. The summed E-state index contributed by atoms with van der Waals surface area (Å²) < 4.78 is 0. The monoisotopic (exact) mass is 174 g/mol. The molecule has 0 heterocycles. The van der Waals surface area contributed by atoms with Crippen LogP contribution in [-0.4, -0.2) is 0 Å². The maximum Gasteiger partial charge on any atom is -0.0166 e. The summed E-state index contributed by atoms with van der Waals surface area (Å²) in [4.78, 5) is 0. The molecule has 0 heteroatoms.